The van der Waals surface area contributed by atoms with Crippen LogP contribution >= 0.6 is 0 Å². The van der Waals surface area contributed by atoms with Crippen molar-refractivity contribution in [1.82, 2.24) is 4.90 Å². The Hall–Kier alpha value is -3.81. The van der Waals surface area contributed by atoms with Crippen LogP contribution in [-0.4, -0.2) is 33.5 Å². The quantitative estimate of drug-likeness (QED) is 0.432. The Morgan fingerprint density at radius 1 is 1.03 bits per heavy atom. The van der Waals surface area contributed by atoms with E-state index in [1.807, 2.05) is 35.2 Å². The van der Waals surface area contributed by atoms with Crippen molar-refractivity contribution in [2.24, 2.45) is 11.8 Å². The molecular formula is C23H19N3O5. The first-order valence-electron chi connectivity index (χ1n) is 9.99. The standard InChI is InChI=1S/C23H19N3O5/c1-12-16(8-5-9-17(12)26(30)31)25-22(28)18-19(23(25)29)21-15-7-4-3-6-14(15)10-11-24(21)20(18)13(2)27/h3-11,18-21H,1-2H3/t18-,19+,20-,21-/m1/s1. The average Bonchev–Trinajstić information content (AvgIpc) is 3.21. The van der Waals surface area contributed by atoms with E-state index in [0.717, 1.165) is 16.0 Å². The van der Waals surface area contributed by atoms with Crippen LogP contribution in [0, 0.1) is 28.9 Å². The van der Waals surface area contributed by atoms with Crippen molar-refractivity contribution in [2.75, 3.05) is 4.90 Å². The Balaban J connectivity index is 1.66. The number of rotatable bonds is 3. The summed E-state index contributed by atoms with van der Waals surface area (Å²) in [6.07, 6.45) is 3.68. The van der Waals surface area contributed by atoms with Crippen molar-refractivity contribution < 1.29 is 19.3 Å². The molecule has 5 rings (SSSR count). The normalized spacial score (nSPS) is 26.0. The molecule has 2 amide bonds. The van der Waals surface area contributed by atoms with Crippen LogP contribution in [0.1, 0.15) is 29.7 Å². The molecule has 0 aromatic heterocycles. The molecule has 0 saturated carbocycles. The van der Waals surface area contributed by atoms with E-state index in [1.165, 1.54) is 32.0 Å². The molecule has 2 fully saturated rings. The Labute approximate surface area is 177 Å². The monoisotopic (exact) mass is 417 g/mol. The maximum Gasteiger partial charge on any atom is 0.274 e. The van der Waals surface area contributed by atoms with Crippen LogP contribution in [0.3, 0.4) is 0 Å². The van der Waals surface area contributed by atoms with Gasteiger partial charge in [-0.25, -0.2) is 4.90 Å². The second-order valence-electron chi connectivity index (χ2n) is 8.13. The zero-order chi connectivity index (χ0) is 22.0. The van der Waals surface area contributed by atoms with E-state index < -0.39 is 40.7 Å². The molecule has 31 heavy (non-hydrogen) atoms. The molecule has 2 aromatic carbocycles. The molecule has 8 heteroatoms. The van der Waals surface area contributed by atoms with Gasteiger partial charge in [-0.3, -0.25) is 24.5 Å². The van der Waals surface area contributed by atoms with Crippen molar-refractivity contribution >= 4 is 35.0 Å². The first-order chi connectivity index (χ1) is 14.8. The number of imide groups is 1. The van der Waals surface area contributed by atoms with Gasteiger partial charge in [0.15, 0.2) is 5.78 Å². The molecule has 0 unspecified atom stereocenters. The number of amides is 2. The van der Waals surface area contributed by atoms with Crippen molar-refractivity contribution in [1.29, 1.82) is 0 Å². The highest BCUT2D eigenvalue weighted by Gasteiger charge is 2.64. The zero-order valence-corrected chi connectivity index (χ0v) is 16.9. The molecule has 0 aliphatic carbocycles. The summed E-state index contributed by atoms with van der Waals surface area (Å²) in [4.78, 5) is 53.5. The summed E-state index contributed by atoms with van der Waals surface area (Å²) in [7, 11) is 0. The smallest absolute Gasteiger partial charge is 0.274 e. The average molecular weight is 417 g/mol. The second-order valence-corrected chi connectivity index (χ2v) is 8.13. The van der Waals surface area contributed by atoms with Crippen LogP contribution in [0.15, 0.2) is 48.7 Å². The van der Waals surface area contributed by atoms with Crippen molar-refractivity contribution in [2.45, 2.75) is 25.9 Å². The summed E-state index contributed by atoms with van der Waals surface area (Å²) in [5.41, 5.74) is 2.12. The SMILES string of the molecule is CC(=O)[C@@H]1[C@@H]2C(=O)N(c3cccc([N+](=O)[O-])c3C)C(=O)[C@@H]2[C@H]2c3ccccc3C=CN12. The number of carbonyl (C=O) groups excluding carboxylic acids is 3. The van der Waals surface area contributed by atoms with Crippen LogP contribution in [0.2, 0.25) is 0 Å². The predicted octanol–water partition coefficient (Wildman–Crippen LogP) is 3.01. The van der Waals surface area contributed by atoms with E-state index >= 15 is 0 Å². The van der Waals surface area contributed by atoms with Gasteiger partial charge in [-0.15, -0.1) is 0 Å². The van der Waals surface area contributed by atoms with E-state index in [0.29, 0.717) is 0 Å². The number of anilines is 1. The maximum atomic E-state index is 13.6. The van der Waals surface area contributed by atoms with E-state index in [1.54, 1.807) is 6.20 Å². The zero-order valence-electron chi connectivity index (χ0n) is 16.9. The van der Waals surface area contributed by atoms with Gasteiger partial charge in [0.2, 0.25) is 11.8 Å². The maximum absolute atomic E-state index is 13.6. The fraction of sp³-hybridized carbons (Fsp3) is 0.261. The molecule has 0 N–H and O–H groups in total. The van der Waals surface area contributed by atoms with Crippen LogP contribution in [0.5, 0.6) is 0 Å². The number of hydrogen-bond acceptors (Lipinski definition) is 6. The summed E-state index contributed by atoms with van der Waals surface area (Å²) < 4.78 is 0. The molecule has 8 nitrogen and oxygen atoms in total. The fourth-order valence-electron chi connectivity index (χ4n) is 5.31. The number of benzene rings is 2. The van der Waals surface area contributed by atoms with E-state index in [-0.39, 0.29) is 22.7 Å². The van der Waals surface area contributed by atoms with E-state index in [4.69, 9.17) is 0 Å². The lowest BCUT2D eigenvalue weighted by Crippen LogP contribution is -2.43. The minimum atomic E-state index is -0.843. The van der Waals surface area contributed by atoms with Gasteiger partial charge < -0.3 is 4.90 Å². The lowest BCUT2D eigenvalue weighted by Gasteiger charge is -2.35. The molecule has 0 bridgehead atoms. The molecule has 156 valence electrons. The number of carbonyl (C=O) groups is 3. The van der Waals surface area contributed by atoms with Crippen molar-refractivity contribution in [3.8, 4) is 0 Å². The fourth-order valence-corrected chi connectivity index (χ4v) is 5.31. The lowest BCUT2D eigenvalue weighted by molar-refractivity contribution is -0.385. The van der Waals surface area contributed by atoms with Gasteiger partial charge in [-0.2, -0.15) is 0 Å². The molecule has 3 aliphatic heterocycles. The third-order valence-electron chi connectivity index (χ3n) is 6.59. The Morgan fingerprint density at radius 2 is 1.74 bits per heavy atom. The molecule has 0 radical (unpaired) electrons. The van der Waals surface area contributed by atoms with Gasteiger partial charge in [0.25, 0.3) is 5.69 Å². The molecule has 3 aliphatic rings. The lowest BCUT2D eigenvalue weighted by atomic mass is 9.84. The molecule has 2 aromatic rings. The van der Waals surface area contributed by atoms with Crippen LogP contribution < -0.4 is 4.90 Å². The van der Waals surface area contributed by atoms with Gasteiger partial charge in [-0.05, 0) is 37.1 Å². The van der Waals surface area contributed by atoms with Crippen LogP contribution in [0.25, 0.3) is 6.08 Å². The van der Waals surface area contributed by atoms with Crippen molar-refractivity contribution in [3.63, 3.8) is 0 Å². The van der Waals surface area contributed by atoms with Gasteiger partial charge in [0, 0.05) is 12.3 Å². The highest BCUT2D eigenvalue weighted by molar-refractivity contribution is 6.24. The first-order valence-corrected chi connectivity index (χ1v) is 9.99. The third kappa shape index (κ3) is 2.51. The summed E-state index contributed by atoms with van der Waals surface area (Å²) in [5.74, 6) is -2.70. The molecule has 3 heterocycles. The Kier molecular flexibility index (Phi) is 4.08. The number of nitro groups is 1. The number of ketones is 1. The van der Waals surface area contributed by atoms with Gasteiger partial charge in [0.05, 0.1) is 40.1 Å². The molecule has 4 atom stereocenters. The number of hydrogen-bond donors (Lipinski definition) is 0. The number of nitrogens with zero attached hydrogens (tertiary/aromatic N) is 3. The predicted molar refractivity (Wildman–Crippen MR) is 112 cm³/mol. The van der Waals surface area contributed by atoms with E-state index in [2.05, 4.69) is 0 Å². The second kappa shape index (κ2) is 6.60. The van der Waals surface area contributed by atoms with Crippen LogP contribution in [0.4, 0.5) is 11.4 Å². The largest absolute Gasteiger partial charge is 0.359 e. The summed E-state index contributed by atoms with van der Waals surface area (Å²) >= 11 is 0. The summed E-state index contributed by atoms with van der Waals surface area (Å²) in [5, 5.41) is 11.4. The first kappa shape index (κ1) is 19.2. The van der Waals surface area contributed by atoms with Gasteiger partial charge in [0.1, 0.15) is 0 Å². The molecule has 2 saturated heterocycles. The number of Topliss-reactive ketones (excluding diaryl/α,β-unsaturated/α-hetero) is 1. The minimum Gasteiger partial charge on any atom is -0.359 e. The highest BCUT2D eigenvalue weighted by Crippen LogP contribution is 2.53. The van der Waals surface area contributed by atoms with Gasteiger partial charge in [-0.1, -0.05) is 30.3 Å². The van der Waals surface area contributed by atoms with Gasteiger partial charge >= 0.3 is 0 Å². The topological polar surface area (TPSA) is 101 Å². The highest BCUT2D eigenvalue weighted by atomic mass is 16.6. The number of fused-ring (bicyclic) bond motifs is 5. The van der Waals surface area contributed by atoms with E-state index in [9.17, 15) is 24.5 Å². The van der Waals surface area contributed by atoms with Crippen molar-refractivity contribution in [3.05, 3.63) is 75.5 Å². The Bertz CT molecular complexity index is 1200. The molecule has 0 spiro atoms. The molecular weight excluding hydrogens is 398 g/mol. The summed E-state index contributed by atoms with van der Waals surface area (Å²) in [6, 6.07) is 10.7. The van der Waals surface area contributed by atoms with Crippen LogP contribution in [-0.2, 0) is 14.4 Å². The summed E-state index contributed by atoms with van der Waals surface area (Å²) in [6.45, 7) is 2.95. The minimum absolute atomic E-state index is 0.161. The third-order valence-corrected chi connectivity index (χ3v) is 6.59. The number of nitro benzene ring substituents is 1. The Morgan fingerprint density at radius 3 is 2.45 bits per heavy atom.